The molecule has 0 spiro atoms. The number of halogens is 1. The fourth-order valence-corrected chi connectivity index (χ4v) is 5.40. The molecule has 1 N–H and O–H groups in total. The molecule has 2 saturated heterocycles. The smallest absolute Gasteiger partial charge is 0.242 e. The molecule has 2 fully saturated rings. The van der Waals surface area contributed by atoms with E-state index in [1.807, 2.05) is 29.2 Å². The molecule has 178 valence electrons. The van der Waals surface area contributed by atoms with Gasteiger partial charge in [-0.2, -0.15) is 5.48 Å². The quantitative estimate of drug-likeness (QED) is 0.630. The Hall–Kier alpha value is -1.96. The number of benzene rings is 2. The Morgan fingerprint density at radius 1 is 1.00 bits per heavy atom. The highest BCUT2D eigenvalue weighted by Crippen LogP contribution is 2.39. The number of rotatable bonds is 7. The molecule has 6 nitrogen and oxygen atoms in total. The van der Waals surface area contributed by atoms with Gasteiger partial charge in [-0.05, 0) is 62.7 Å². The average molecular weight is 471 g/mol. The third-order valence-corrected chi connectivity index (χ3v) is 7.49. The maximum Gasteiger partial charge on any atom is 0.242 e. The fourth-order valence-electron chi connectivity index (χ4n) is 5.28. The number of hydrogen-bond donors (Lipinski definition) is 1. The highest BCUT2D eigenvalue weighted by atomic mass is 35.5. The first-order chi connectivity index (χ1) is 16.0. The van der Waals surface area contributed by atoms with Crippen molar-refractivity contribution in [3.8, 4) is 0 Å². The van der Waals surface area contributed by atoms with E-state index in [-0.39, 0.29) is 11.4 Å². The van der Waals surface area contributed by atoms with Crippen LogP contribution in [0, 0.1) is 0 Å². The Morgan fingerprint density at radius 3 is 2.24 bits per heavy atom. The van der Waals surface area contributed by atoms with Gasteiger partial charge in [0.15, 0.2) is 0 Å². The molecule has 2 heterocycles. The van der Waals surface area contributed by atoms with Gasteiger partial charge in [-0.3, -0.25) is 9.69 Å². The van der Waals surface area contributed by atoms with Crippen molar-refractivity contribution in [1.82, 2.24) is 20.2 Å². The largest absolute Gasteiger partial charge is 0.339 e. The summed E-state index contributed by atoms with van der Waals surface area (Å²) in [5.41, 5.74) is 5.42. The SMILES string of the molecule is CONC(Cc1ccc(Cl)cc1)C(=O)N1CCN(C2(c3ccccc3)CCN(C)CC2)CC1. The Balaban J connectivity index is 1.43. The van der Waals surface area contributed by atoms with Crippen molar-refractivity contribution in [2.45, 2.75) is 30.8 Å². The molecule has 0 aliphatic carbocycles. The van der Waals surface area contributed by atoms with Crippen molar-refractivity contribution in [3.05, 3.63) is 70.7 Å². The minimum Gasteiger partial charge on any atom is -0.339 e. The van der Waals surface area contributed by atoms with Crippen LogP contribution in [0.5, 0.6) is 0 Å². The van der Waals surface area contributed by atoms with Crippen LogP contribution in [0.3, 0.4) is 0 Å². The summed E-state index contributed by atoms with van der Waals surface area (Å²) >= 11 is 6.01. The van der Waals surface area contributed by atoms with Crippen molar-refractivity contribution in [2.75, 3.05) is 53.4 Å². The first-order valence-electron chi connectivity index (χ1n) is 11.8. The molecule has 7 heteroatoms. The van der Waals surface area contributed by atoms with Gasteiger partial charge < -0.3 is 14.6 Å². The minimum absolute atomic E-state index is 0.0520. The fraction of sp³-hybridized carbons (Fsp3) is 0.500. The van der Waals surface area contributed by atoms with Gasteiger partial charge in [0.25, 0.3) is 0 Å². The van der Waals surface area contributed by atoms with E-state index in [1.54, 1.807) is 7.11 Å². The molecule has 2 aromatic carbocycles. The average Bonchev–Trinajstić information content (AvgIpc) is 2.86. The summed E-state index contributed by atoms with van der Waals surface area (Å²) in [6, 6.07) is 18.1. The van der Waals surface area contributed by atoms with E-state index in [4.69, 9.17) is 16.4 Å². The van der Waals surface area contributed by atoms with Crippen LogP contribution in [0.15, 0.2) is 54.6 Å². The molecule has 0 radical (unpaired) electrons. The molecule has 33 heavy (non-hydrogen) atoms. The summed E-state index contributed by atoms with van der Waals surface area (Å²) in [4.78, 5) is 25.6. The third-order valence-electron chi connectivity index (χ3n) is 7.23. The summed E-state index contributed by atoms with van der Waals surface area (Å²) in [5.74, 6) is 0.0867. The van der Waals surface area contributed by atoms with Crippen LogP contribution in [0.4, 0.5) is 0 Å². The Bertz CT molecular complexity index is 892. The summed E-state index contributed by atoms with van der Waals surface area (Å²) < 4.78 is 0. The molecule has 4 rings (SSSR count). The molecule has 0 bridgehead atoms. The first kappa shape index (κ1) is 24.2. The summed E-state index contributed by atoms with van der Waals surface area (Å²) in [6.45, 7) is 5.40. The zero-order chi connectivity index (χ0) is 23.3. The zero-order valence-electron chi connectivity index (χ0n) is 19.7. The first-order valence-corrected chi connectivity index (χ1v) is 12.2. The van der Waals surface area contributed by atoms with Crippen molar-refractivity contribution in [3.63, 3.8) is 0 Å². The normalized spacial score (nSPS) is 20.5. The van der Waals surface area contributed by atoms with Crippen molar-refractivity contribution in [2.24, 2.45) is 0 Å². The second-order valence-electron chi connectivity index (χ2n) is 9.22. The van der Waals surface area contributed by atoms with Crippen LogP contribution in [-0.2, 0) is 21.6 Å². The van der Waals surface area contributed by atoms with Crippen molar-refractivity contribution >= 4 is 17.5 Å². The highest BCUT2D eigenvalue weighted by molar-refractivity contribution is 6.30. The lowest BCUT2D eigenvalue weighted by atomic mass is 9.79. The highest BCUT2D eigenvalue weighted by Gasteiger charge is 2.42. The van der Waals surface area contributed by atoms with Gasteiger partial charge in [-0.25, -0.2) is 0 Å². The van der Waals surface area contributed by atoms with Crippen LogP contribution >= 0.6 is 11.6 Å². The van der Waals surface area contributed by atoms with E-state index >= 15 is 0 Å². The topological polar surface area (TPSA) is 48.1 Å². The van der Waals surface area contributed by atoms with E-state index in [0.717, 1.165) is 57.7 Å². The number of hydrogen-bond acceptors (Lipinski definition) is 5. The molecule has 1 amide bonds. The molecule has 0 saturated carbocycles. The second kappa shape index (κ2) is 11.0. The second-order valence-corrected chi connectivity index (χ2v) is 9.65. The number of carbonyl (C=O) groups is 1. The van der Waals surface area contributed by atoms with Crippen LogP contribution in [0.1, 0.15) is 24.0 Å². The number of likely N-dealkylation sites (tertiary alicyclic amines) is 1. The lowest BCUT2D eigenvalue weighted by Gasteiger charge is -2.51. The summed E-state index contributed by atoms with van der Waals surface area (Å²) in [6.07, 6.45) is 2.79. The molecule has 2 aromatic rings. The van der Waals surface area contributed by atoms with Crippen LogP contribution in [0.25, 0.3) is 0 Å². The molecular weight excluding hydrogens is 436 g/mol. The van der Waals surface area contributed by atoms with Gasteiger partial charge in [0, 0.05) is 36.7 Å². The maximum absolute atomic E-state index is 13.4. The van der Waals surface area contributed by atoms with Crippen LogP contribution < -0.4 is 5.48 Å². The van der Waals surface area contributed by atoms with Crippen LogP contribution in [-0.4, -0.2) is 80.1 Å². The summed E-state index contributed by atoms with van der Waals surface area (Å²) in [7, 11) is 3.76. The molecule has 2 aliphatic heterocycles. The predicted octanol–water partition coefficient (Wildman–Crippen LogP) is 3.17. The standard InChI is InChI=1S/C26H35ClN4O2/c1-29-14-12-26(13-15-29,22-6-4-3-5-7-22)31-18-16-30(17-19-31)25(32)24(28-33-2)20-21-8-10-23(27)11-9-21/h3-11,24,28H,12-20H2,1-2H3. The lowest BCUT2D eigenvalue weighted by molar-refractivity contribution is -0.140. The van der Waals surface area contributed by atoms with Gasteiger partial charge >= 0.3 is 0 Å². The van der Waals surface area contributed by atoms with E-state index in [1.165, 1.54) is 5.56 Å². The number of hydroxylamine groups is 1. The number of amides is 1. The zero-order valence-corrected chi connectivity index (χ0v) is 20.4. The Kier molecular flexibility index (Phi) is 8.04. The molecule has 1 unspecified atom stereocenters. The Labute approximate surface area is 202 Å². The number of carbonyl (C=O) groups excluding carboxylic acids is 1. The van der Waals surface area contributed by atoms with Gasteiger partial charge in [0.2, 0.25) is 5.91 Å². The van der Waals surface area contributed by atoms with Crippen molar-refractivity contribution < 1.29 is 9.63 Å². The van der Waals surface area contributed by atoms with Crippen molar-refractivity contribution in [1.29, 1.82) is 0 Å². The molecule has 0 aromatic heterocycles. The lowest BCUT2D eigenvalue weighted by Crippen LogP contribution is -2.61. The number of nitrogens with one attached hydrogen (secondary N) is 1. The number of piperidine rings is 1. The van der Waals surface area contributed by atoms with Gasteiger partial charge in [0.05, 0.1) is 7.11 Å². The monoisotopic (exact) mass is 470 g/mol. The molecule has 1 atom stereocenters. The number of nitrogens with zero attached hydrogens (tertiary/aromatic N) is 3. The summed E-state index contributed by atoms with van der Waals surface area (Å²) in [5, 5.41) is 0.693. The van der Waals surface area contributed by atoms with Gasteiger partial charge in [-0.1, -0.05) is 54.1 Å². The molecular formula is C26H35ClN4O2. The number of piperazine rings is 1. The van der Waals surface area contributed by atoms with E-state index < -0.39 is 6.04 Å². The minimum atomic E-state index is -0.422. The van der Waals surface area contributed by atoms with E-state index in [0.29, 0.717) is 11.4 Å². The molecule has 2 aliphatic rings. The predicted molar refractivity (Wildman–Crippen MR) is 132 cm³/mol. The van der Waals surface area contributed by atoms with Crippen LogP contribution in [0.2, 0.25) is 5.02 Å². The van der Waals surface area contributed by atoms with Gasteiger partial charge in [-0.15, -0.1) is 0 Å². The van der Waals surface area contributed by atoms with E-state index in [9.17, 15) is 4.79 Å². The van der Waals surface area contributed by atoms with Gasteiger partial charge in [0.1, 0.15) is 6.04 Å². The Morgan fingerprint density at radius 2 is 1.64 bits per heavy atom. The van der Waals surface area contributed by atoms with E-state index in [2.05, 4.69) is 52.7 Å². The maximum atomic E-state index is 13.4. The third kappa shape index (κ3) is 5.58.